The fourth-order valence-corrected chi connectivity index (χ4v) is 7.70. The summed E-state index contributed by atoms with van der Waals surface area (Å²) in [4.78, 5) is 41.8. The highest BCUT2D eigenvalue weighted by Crippen LogP contribution is 2.36. The highest BCUT2D eigenvalue weighted by Gasteiger charge is 2.50. The van der Waals surface area contributed by atoms with Gasteiger partial charge in [-0.25, -0.2) is 18.2 Å². The van der Waals surface area contributed by atoms with Gasteiger partial charge in [0.15, 0.2) is 0 Å². The molecular weight excluding hydrogens is 650 g/mol. The zero-order valence-corrected chi connectivity index (χ0v) is 25.7. The van der Waals surface area contributed by atoms with Gasteiger partial charge in [-0.05, 0) is 61.7 Å². The number of nitrogens with zero attached hydrogens (tertiary/aromatic N) is 2. The Kier molecular flexibility index (Phi) is 9.71. The number of sulfonamides is 1. The van der Waals surface area contributed by atoms with E-state index < -0.39 is 39.4 Å². The second kappa shape index (κ2) is 12.7. The first-order valence-electron chi connectivity index (χ1n) is 12.5. The number of hydrogen-bond acceptors (Lipinski definition) is 6. The van der Waals surface area contributed by atoms with Crippen molar-refractivity contribution in [3.8, 4) is 0 Å². The van der Waals surface area contributed by atoms with Crippen molar-refractivity contribution < 1.29 is 27.9 Å². The quantitative estimate of drug-likeness (QED) is 0.261. The third-order valence-electron chi connectivity index (χ3n) is 6.82. The molecule has 2 heterocycles. The van der Waals surface area contributed by atoms with Gasteiger partial charge in [-0.1, -0.05) is 58.5 Å². The normalized spacial score (nSPS) is 17.9. The fourth-order valence-electron chi connectivity index (χ4n) is 4.64. The summed E-state index contributed by atoms with van der Waals surface area (Å²) in [5.41, 5.74) is -0.623. The topological polar surface area (TPSA) is 146 Å². The lowest BCUT2D eigenvalue weighted by Crippen LogP contribution is -2.58. The third kappa shape index (κ3) is 6.82. The maximum atomic E-state index is 13.5. The van der Waals surface area contributed by atoms with Crippen molar-refractivity contribution in [3.63, 3.8) is 0 Å². The second-order valence-corrected chi connectivity index (χ2v) is 13.2. The number of anilines is 1. The maximum absolute atomic E-state index is 13.5. The number of halogens is 4. The molecule has 0 spiro atoms. The standard InChI is InChI=1S/C27H24Cl4N4O6S/c1-27(8-2-10-35(27)42(40,41)19-13-16(28)12-17(29)14-19)26(39)34-21(25(37)38)11-15-3-5-18(6-4-15)33-24(36)22-20(30)7-9-32-23(22)31/h3-7,9,12-14,21H,2,8,10-11H2,1H3,(H,33,36)(H,34,39)(H,37,38)/t21-,27-/m0/s1. The molecule has 222 valence electrons. The molecule has 1 fully saturated rings. The monoisotopic (exact) mass is 672 g/mol. The summed E-state index contributed by atoms with van der Waals surface area (Å²) >= 11 is 24.1. The number of aromatic nitrogens is 1. The Balaban J connectivity index is 1.48. The molecule has 42 heavy (non-hydrogen) atoms. The molecule has 2 amide bonds. The molecule has 0 saturated carbocycles. The average molecular weight is 674 g/mol. The summed E-state index contributed by atoms with van der Waals surface area (Å²) in [5, 5.41) is 15.3. The van der Waals surface area contributed by atoms with Gasteiger partial charge in [-0.3, -0.25) is 9.59 Å². The van der Waals surface area contributed by atoms with Gasteiger partial charge in [-0.2, -0.15) is 4.31 Å². The Morgan fingerprint density at radius 1 is 1.05 bits per heavy atom. The van der Waals surface area contributed by atoms with Gasteiger partial charge in [0.05, 0.1) is 15.5 Å². The Bertz CT molecular complexity index is 1610. The number of amides is 2. The van der Waals surface area contributed by atoms with Crippen LogP contribution in [-0.2, 0) is 26.0 Å². The van der Waals surface area contributed by atoms with E-state index in [4.69, 9.17) is 46.4 Å². The lowest BCUT2D eigenvalue weighted by molar-refractivity contribution is -0.143. The van der Waals surface area contributed by atoms with E-state index in [9.17, 15) is 27.9 Å². The molecular formula is C27H24Cl4N4O6S. The van der Waals surface area contributed by atoms with E-state index >= 15 is 0 Å². The van der Waals surface area contributed by atoms with Crippen LogP contribution in [0, 0.1) is 0 Å². The summed E-state index contributed by atoms with van der Waals surface area (Å²) in [6.07, 6.45) is 1.82. The first-order valence-corrected chi connectivity index (χ1v) is 15.4. The van der Waals surface area contributed by atoms with Crippen molar-refractivity contribution in [3.05, 3.63) is 86.1 Å². The predicted molar refractivity (Wildman–Crippen MR) is 160 cm³/mol. The van der Waals surface area contributed by atoms with E-state index in [-0.39, 0.29) is 50.1 Å². The Morgan fingerprint density at radius 2 is 1.69 bits per heavy atom. The molecule has 1 aromatic heterocycles. The molecule has 3 N–H and O–H groups in total. The maximum Gasteiger partial charge on any atom is 0.326 e. The van der Waals surface area contributed by atoms with Crippen LogP contribution in [0.3, 0.4) is 0 Å². The van der Waals surface area contributed by atoms with Crippen LogP contribution < -0.4 is 10.6 Å². The van der Waals surface area contributed by atoms with Crippen LogP contribution >= 0.6 is 46.4 Å². The first kappa shape index (κ1) is 32.0. The summed E-state index contributed by atoms with van der Waals surface area (Å²) in [7, 11) is -4.19. The molecule has 15 heteroatoms. The number of carbonyl (C=O) groups is 3. The lowest BCUT2D eigenvalue weighted by Gasteiger charge is -2.34. The lowest BCUT2D eigenvalue weighted by atomic mass is 9.97. The van der Waals surface area contributed by atoms with Crippen molar-refractivity contribution in [2.45, 2.75) is 42.7 Å². The largest absolute Gasteiger partial charge is 0.480 e. The van der Waals surface area contributed by atoms with Gasteiger partial charge in [0.25, 0.3) is 5.91 Å². The van der Waals surface area contributed by atoms with Gasteiger partial charge < -0.3 is 15.7 Å². The smallest absolute Gasteiger partial charge is 0.326 e. The SMILES string of the molecule is C[C@@]1(C(=O)N[C@@H](Cc2ccc(NC(=O)c3c(Cl)ccnc3Cl)cc2)C(=O)O)CCCN1S(=O)(=O)c1cc(Cl)cc(Cl)c1. The van der Waals surface area contributed by atoms with E-state index in [2.05, 4.69) is 15.6 Å². The molecule has 3 aromatic rings. The zero-order valence-electron chi connectivity index (χ0n) is 21.9. The van der Waals surface area contributed by atoms with Crippen LogP contribution in [0.1, 0.15) is 35.7 Å². The van der Waals surface area contributed by atoms with Crippen LogP contribution in [0.25, 0.3) is 0 Å². The molecule has 0 bridgehead atoms. The number of carboxylic acids is 1. The molecule has 0 unspecified atom stereocenters. The Morgan fingerprint density at radius 3 is 2.29 bits per heavy atom. The third-order valence-corrected chi connectivity index (χ3v) is 9.86. The number of nitrogens with one attached hydrogen (secondary N) is 2. The molecule has 2 atom stereocenters. The number of carboxylic acid groups (broad SMARTS) is 1. The van der Waals surface area contributed by atoms with Gasteiger partial charge in [0.1, 0.15) is 16.7 Å². The van der Waals surface area contributed by atoms with Crippen molar-refractivity contribution in [1.29, 1.82) is 0 Å². The molecule has 0 radical (unpaired) electrons. The van der Waals surface area contributed by atoms with Crippen LogP contribution in [0.15, 0.2) is 59.6 Å². The van der Waals surface area contributed by atoms with Crippen molar-refractivity contribution in [1.82, 2.24) is 14.6 Å². The number of rotatable bonds is 9. The van der Waals surface area contributed by atoms with Gasteiger partial charge in [0.2, 0.25) is 15.9 Å². The Hall–Kier alpha value is -2.93. The number of hydrogen-bond donors (Lipinski definition) is 3. The van der Waals surface area contributed by atoms with E-state index in [0.29, 0.717) is 17.7 Å². The van der Waals surface area contributed by atoms with Crippen LogP contribution in [0.5, 0.6) is 0 Å². The molecule has 1 saturated heterocycles. The van der Waals surface area contributed by atoms with Gasteiger partial charge >= 0.3 is 5.97 Å². The number of aliphatic carboxylic acids is 1. The van der Waals surface area contributed by atoms with E-state index in [1.165, 1.54) is 37.4 Å². The molecule has 2 aromatic carbocycles. The average Bonchev–Trinajstić information content (AvgIpc) is 3.32. The molecule has 0 aliphatic carbocycles. The molecule has 1 aliphatic rings. The highest BCUT2D eigenvalue weighted by atomic mass is 35.5. The molecule has 10 nitrogen and oxygen atoms in total. The predicted octanol–water partition coefficient (Wildman–Crippen LogP) is 5.30. The van der Waals surface area contributed by atoms with E-state index in [1.807, 2.05) is 0 Å². The number of benzene rings is 2. The second-order valence-electron chi connectivity index (χ2n) is 9.74. The minimum absolute atomic E-state index is 0.00786. The van der Waals surface area contributed by atoms with Crippen molar-refractivity contribution >= 4 is 79.9 Å². The molecule has 1 aliphatic heterocycles. The van der Waals surface area contributed by atoms with Crippen LogP contribution in [0.2, 0.25) is 20.2 Å². The summed E-state index contributed by atoms with van der Waals surface area (Å²) in [5.74, 6) is -2.64. The van der Waals surface area contributed by atoms with Crippen molar-refractivity contribution in [2.24, 2.45) is 0 Å². The molecule has 4 rings (SSSR count). The van der Waals surface area contributed by atoms with Crippen LogP contribution in [-0.4, -0.2) is 58.7 Å². The van der Waals surface area contributed by atoms with E-state index in [1.54, 1.807) is 24.3 Å². The first-order chi connectivity index (χ1) is 19.7. The summed E-state index contributed by atoms with van der Waals surface area (Å²) < 4.78 is 28.0. The highest BCUT2D eigenvalue weighted by molar-refractivity contribution is 7.89. The minimum Gasteiger partial charge on any atom is -0.480 e. The van der Waals surface area contributed by atoms with Crippen molar-refractivity contribution in [2.75, 3.05) is 11.9 Å². The summed E-state index contributed by atoms with van der Waals surface area (Å²) in [6.45, 7) is 1.51. The van der Waals surface area contributed by atoms with Gasteiger partial charge in [0, 0.05) is 34.9 Å². The van der Waals surface area contributed by atoms with Crippen LogP contribution in [0.4, 0.5) is 5.69 Å². The number of carbonyl (C=O) groups excluding carboxylic acids is 2. The Labute approximate surface area is 262 Å². The van der Waals surface area contributed by atoms with E-state index in [0.717, 1.165) is 4.31 Å². The van der Waals surface area contributed by atoms with Gasteiger partial charge in [-0.15, -0.1) is 0 Å². The summed E-state index contributed by atoms with van der Waals surface area (Å²) in [6, 6.07) is 10.2. The minimum atomic E-state index is -4.19. The zero-order chi connectivity index (χ0) is 30.8. The fraction of sp³-hybridized carbons (Fsp3) is 0.259. The number of pyridine rings is 1.